The zero-order valence-corrected chi connectivity index (χ0v) is 10.1. The molecule has 0 spiro atoms. The smallest absolute Gasteiger partial charge is 0.201 e. The van der Waals surface area contributed by atoms with Crippen molar-refractivity contribution >= 4 is 0 Å². The molecule has 0 aromatic heterocycles. The summed E-state index contributed by atoms with van der Waals surface area (Å²) in [6, 6.07) is 0. The van der Waals surface area contributed by atoms with Crippen LogP contribution in [-0.4, -0.2) is 46.5 Å². The molecule has 1 aromatic rings. The van der Waals surface area contributed by atoms with Crippen molar-refractivity contribution in [2.75, 3.05) is 26.3 Å². The maximum atomic E-state index is 14.0. The van der Waals surface area contributed by atoms with Gasteiger partial charge in [-0.1, -0.05) is 0 Å². The minimum atomic E-state index is -0.686. The molecule has 1 fully saturated rings. The summed E-state index contributed by atoms with van der Waals surface area (Å²) in [6.45, 7) is 3.93. The molecular formula is C12H16FNO4. The van der Waals surface area contributed by atoms with Crippen molar-refractivity contribution in [2.45, 2.75) is 13.5 Å². The summed E-state index contributed by atoms with van der Waals surface area (Å²) in [5, 5.41) is 28.6. The van der Waals surface area contributed by atoms with Gasteiger partial charge < -0.3 is 20.1 Å². The van der Waals surface area contributed by atoms with Gasteiger partial charge in [-0.25, -0.2) is 4.39 Å². The van der Waals surface area contributed by atoms with Crippen molar-refractivity contribution in [3.8, 4) is 17.2 Å². The lowest BCUT2D eigenvalue weighted by Crippen LogP contribution is -2.35. The maximum absolute atomic E-state index is 14.0. The highest BCUT2D eigenvalue weighted by molar-refractivity contribution is 5.57. The first-order chi connectivity index (χ1) is 8.52. The van der Waals surface area contributed by atoms with Gasteiger partial charge in [0.2, 0.25) is 5.75 Å². The van der Waals surface area contributed by atoms with Gasteiger partial charge in [0.25, 0.3) is 0 Å². The molecule has 1 aliphatic rings. The van der Waals surface area contributed by atoms with Crippen LogP contribution in [-0.2, 0) is 11.3 Å². The van der Waals surface area contributed by atoms with Crippen LogP contribution in [0.2, 0.25) is 0 Å². The topological polar surface area (TPSA) is 73.2 Å². The molecule has 1 heterocycles. The molecule has 3 N–H and O–H groups in total. The first kappa shape index (κ1) is 12.9. The van der Waals surface area contributed by atoms with E-state index >= 15 is 0 Å². The zero-order chi connectivity index (χ0) is 13.3. The lowest BCUT2D eigenvalue weighted by molar-refractivity contribution is 0.0333. The van der Waals surface area contributed by atoms with Crippen molar-refractivity contribution in [1.82, 2.24) is 4.90 Å². The summed E-state index contributed by atoms with van der Waals surface area (Å²) < 4.78 is 19.1. The van der Waals surface area contributed by atoms with Crippen molar-refractivity contribution in [1.29, 1.82) is 0 Å². The van der Waals surface area contributed by atoms with Gasteiger partial charge in [0, 0.05) is 30.8 Å². The van der Waals surface area contributed by atoms with Gasteiger partial charge in [-0.05, 0) is 6.92 Å². The summed E-state index contributed by atoms with van der Waals surface area (Å²) in [4.78, 5) is 1.91. The second-order valence-electron chi connectivity index (χ2n) is 4.35. The number of phenolic OH excluding ortho intramolecular Hbond substituents is 3. The van der Waals surface area contributed by atoms with Crippen LogP contribution in [0, 0.1) is 12.7 Å². The Morgan fingerprint density at radius 3 is 2.33 bits per heavy atom. The normalized spacial score (nSPS) is 17.0. The van der Waals surface area contributed by atoms with Gasteiger partial charge in [0.05, 0.1) is 13.2 Å². The summed E-state index contributed by atoms with van der Waals surface area (Å²) in [5.74, 6) is -2.57. The SMILES string of the molecule is Cc1c(O)c(O)c(O)c(CN2CCOCC2)c1F. The lowest BCUT2D eigenvalue weighted by atomic mass is 10.1. The summed E-state index contributed by atoms with van der Waals surface area (Å²) in [5.41, 5.74) is -0.0572. The van der Waals surface area contributed by atoms with Gasteiger partial charge in [-0.2, -0.15) is 0 Å². The largest absolute Gasteiger partial charge is 0.504 e. The van der Waals surface area contributed by atoms with Crippen LogP contribution in [0.1, 0.15) is 11.1 Å². The Bertz CT molecular complexity index is 429. The first-order valence-corrected chi connectivity index (χ1v) is 5.74. The molecule has 1 aliphatic heterocycles. The molecule has 0 amide bonds. The van der Waals surface area contributed by atoms with Crippen LogP contribution in [0.5, 0.6) is 17.2 Å². The number of ether oxygens (including phenoxy) is 1. The number of nitrogens with zero attached hydrogens (tertiary/aromatic N) is 1. The third-order valence-electron chi connectivity index (χ3n) is 3.17. The van der Waals surface area contributed by atoms with Crippen molar-refractivity contribution < 1.29 is 24.4 Å². The Morgan fingerprint density at radius 1 is 1.11 bits per heavy atom. The molecule has 1 aromatic carbocycles. The van der Waals surface area contributed by atoms with Crippen molar-refractivity contribution in [2.24, 2.45) is 0 Å². The summed E-state index contributed by atoms with van der Waals surface area (Å²) in [7, 11) is 0. The van der Waals surface area contributed by atoms with E-state index in [2.05, 4.69) is 0 Å². The van der Waals surface area contributed by atoms with E-state index in [-0.39, 0.29) is 17.7 Å². The van der Waals surface area contributed by atoms with E-state index in [0.29, 0.717) is 26.3 Å². The van der Waals surface area contributed by atoms with Gasteiger partial charge >= 0.3 is 0 Å². The number of hydrogen-bond donors (Lipinski definition) is 3. The molecule has 0 atom stereocenters. The fraction of sp³-hybridized carbons (Fsp3) is 0.500. The predicted octanol–water partition coefficient (Wildman–Crippen LogP) is 1.08. The minimum absolute atomic E-state index is 0.00435. The number of benzene rings is 1. The molecule has 5 nitrogen and oxygen atoms in total. The molecule has 0 radical (unpaired) electrons. The fourth-order valence-electron chi connectivity index (χ4n) is 1.99. The van der Waals surface area contributed by atoms with Crippen LogP contribution < -0.4 is 0 Å². The predicted molar refractivity (Wildman–Crippen MR) is 62.2 cm³/mol. The fourth-order valence-corrected chi connectivity index (χ4v) is 1.99. The number of phenols is 3. The van der Waals surface area contributed by atoms with Gasteiger partial charge in [-0.3, -0.25) is 4.90 Å². The Balaban J connectivity index is 2.32. The Kier molecular flexibility index (Phi) is 3.58. The van der Waals surface area contributed by atoms with E-state index in [4.69, 9.17) is 4.74 Å². The van der Waals surface area contributed by atoms with E-state index in [1.54, 1.807) is 0 Å². The van der Waals surface area contributed by atoms with Gasteiger partial charge in [0.15, 0.2) is 11.5 Å². The van der Waals surface area contributed by atoms with E-state index in [1.165, 1.54) is 6.92 Å². The van der Waals surface area contributed by atoms with Crippen molar-refractivity contribution in [3.05, 3.63) is 16.9 Å². The molecular weight excluding hydrogens is 241 g/mol. The number of rotatable bonds is 2. The molecule has 0 aliphatic carbocycles. The highest BCUT2D eigenvalue weighted by Gasteiger charge is 2.23. The molecule has 2 rings (SSSR count). The third kappa shape index (κ3) is 2.21. The highest BCUT2D eigenvalue weighted by atomic mass is 19.1. The Morgan fingerprint density at radius 2 is 1.72 bits per heavy atom. The van der Waals surface area contributed by atoms with Crippen LogP contribution in [0.3, 0.4) is 0 Å². The first-order valence-electron chi connectivity index (χ1n) is 5.74. The molecule has 0 saturated carbocycles. The molecule has 0 unspecified atom stereocenters. The van der Waals surface area contributed by atoms with Crippen LogP contribution in [0.25, 0.3) is 0 Å². The zero-order valence-electron chi connectivity index (χ0n) is 10.1. The average molecular weight is 257 g/mol. The standard InChI is InChI=1S/C12H16FNO4/c1-7-9(13)8(11(16)12(17)10(7)15)6-14-2-4-18-5-3-14/h15-17H,2-6H2,1H3. The third-order valence-corrected chi connectivity index (χ3v) is 3.17. The second kappa shape index (κ2) is 4.99. The maximum Gasteiger partial charge on any atom is 0.201 e. The monoisotopic (exact) mass is 257 g/mol. The molecule has 18 heavy (non-hydrogen) atoms. The molecule has 0 bridgehead atoms. The number of morpholine rings is 1. The quantitative estimate of drug-likeness (QED) is 0.691. The van der Waals surface area contributed by atoms with Gasteiger partial charge in [-0.15, -0.1) is 0 Å². The van der Waals surface area contributed by atoms with Crippen LogP contribution in [0.4, 0.5) is 4.39 Å². The number of halogens is 1. The average Bonchev–Trinajstić information content (AvgIpc) is 2.40. The minimum Gasteiger partial charge on any atom is -0.504 e. The highest BCUT2D eigenvalue weighted by Crippen LogP contribution is 2.42. The number of aromatic hydroxyl groups is 3. The van der Waals surface area contributed by atoms with E-state index in [1.807, 2.05) is 4.90 Å². The van der Waals surface area contributed by atoms with Crippen LogP contribution >= 0.6 is 0 Å². The molecule has 100 valence electrons. The lowest BCUT2D eigenvalue weighted by Gasteiger charge is -2.27. The Labute approximate surface area is 104 Å². The van der Waals surface area contributed by atoms with E-state index in [9.17, 15) is 19.7 Å². The van der Waals surface area contributed by atoms with E-state index < -0.39 is 23.1 Å². The second-order valence-corrected chi connectivity index (χ2v) is 4.35. The van der Waals surface area contributed by atoms with E-state index in [0.717, 1.165) is 0 Å². The Hall–Kier alpha value is -1.53. The van der Waals surface area contributed by atoms with Crippen LogP contribution in [0.15, 0.2) is 0 Å². The summed E-state index contributed by atoms with van der Waals surface area (Å²) >= 11 is 0. The molecule has 6 heteroatoms. The summed E-state index contributed by atoms with van der Waals surface area (Å²) in [6.07, 6.45) is 0. The number of hydrogen-bond acceptors (Lipinski definition) is 5. The van der Waals surface area contributed by atoms with Crippen molar-refractivity contribution in [3.63, 3.8) is 0 Å². The molecule has 1 saturated heterocycles. The van der Waals surface area contributed by atoms with Gasteiger partial charge in [0.1, 0.15) is 5.82 Å².